The quantitative estimate of drug-likeness (QED) is 0.00886. The van der Waals surface area contributed by atoms with Gasteiger partial charge in [-0.1, -0.05) is 225 Å². The number of ether oxygens (including phenoxy) is 7. The van der Waals surface area contributed by atoms with Gasteiger partial charge in [0.2, 0.25) is 0 Å². The van der Waals surface area contributed by atoms with E-state index in [1.807, 2.05) is 0 Å². The number of carbonyl (C=O) groups is 3. The zero-order valence-corrected chi connectivity index (χ0v) is 60.7. The molecule has 24 nitrogen and oxygen atoms in total. The Kier molecular flexibility index (Phi) is 50.3. The molecule has 3 aliphatic rings. The van der Waals surface area contributed by atoms with Gasteiger partial charge in [-0.2, -0.15) is 0 Å². The van der Waals surface area contributed by atoms with E-state index in [1.54, 1.807) is 0 Å². The average molecular weight is 1430 g/mol. The number of unbranched alkanes of at least 4 members (excludes halogenated alkanes) is 34. The average Bonchev–Trinajstić information content (AvgIpc) is 0.763. The second kappa shape index (κ2) is 55.0. The van der Waals surface area contributed by atoms with Crippen LogP contribution in [0, 0.1) is 0 Å². The molecule has 0 aromatic rings. The summed E-state index contributed by atoms with van der Waals surface area (Å²) in [5.74, 6) is -2.00. The SMILES string of the molecule is CCCCCC/C=C\CCCCCCCCCC(=O)OCC(COP(=O)(O)OC1C(OC2OC(CO)C(O)C(O)C2O)C(O)C(O)C(O)C1OC1OC(COC(=O)CCCCCCCCCCCCCCC)C(O)C(O)C1O)OC(=O)CCCCCCCCC/C=C\CCCCCC. The molecule has 3 fully saturated rings. The third-order valence-electron chi connectivity index (χ3n) is 18.7. The Morgan fingerprint density at radius 1 is 0.388 bits per heavy atom. The Hall–Kier alpha value is -2.56. The van der Waals surface area contributed by atoms with Crippen LogP contribution in [0.5, 0.6) is 0 Å². The topological polar surface area (TPSA) is 374 Å². The van der Waals surface area contributed by atoms with Crippen LogP contribution in [0.15, 0.2) is 24.3 Å². The standard InChI is InChI=1S/C73H133O24P/c1-4-7-10-13-16-19-22-25-27-30-33-35-38-41-44-47-57(75)89-51-54(92-59(77)49-46-43-40-37-34-31-28-26-23-20-17-14-11-8-5-2)52-91-98(87,88)97-71-69(95-72-67(85)62(80)60(78)55(50-74)93-72)65(83)64(82)66(84)70(71)96-73-68(86)63(81)61(79)56(94-73)53-90-58(76)48-45-42-39-36-32-29-24-21-18-15-12-9-6-3/h19-20,22-23,54-56,60-74,78-86H,4-18,21,24-53H2,1-3H3,(H,87,88)/b22-19-,23-20-. The minimum absolute atomic E-state index is 0.0310. The Bertz CT molecular complexity index is 2120. The fourth-order valence-electron chi connectivity index (χ4n) is 12.5. The first-order valence-corrected chi connectivity index (χ1v) is 39.6. The number of hydrogen-bond acceptors (Lipinski definition) is 23. The van der Waals surface area contributed by atoms with Gasteiger partial charge in [0.1, 0.15) is 98.7 Å². The highest BCUT2D eigenvalue weighted by Gasteiger charge is 2.58. The summed E-state index contributed by atoms with van der Waals surface area (Å²) in [6.07, 6.45) is 15.2. The summed E-state index contributed by atoms with van der Waals surface area (Å²) in [4.78, 5) is 51.0. The molecule has 0 bridgehead atoms. The molecule has 11 N–H and O–H groups in total. The van der Waals surface area contributed by atoms with Gasteiger partial charge in [-0.25, -0.2) is 4.57 Å². The number of phosphoric ester groups is 1. The minimum atomic E-state index is -5.70. The number of hydrogen-bond donors (Lipinski definition) is 11. The molecule has 574 valence electrons. The molecule has 25 heteroatoms. The molecule has 2 aliphatic heterocycles. The zero-order chi connectivity index (χ0) is 71.8. The lowest BCUT2D eigenvalue weighted by Crippen LogP contribution is -2.69. The van der Waals surface area contributed by atoms with Crippen LogP contribution in [0.2, 0.25) is 0 Å². The molecule has 18 unspecified atom stereocenters. The van der Waals surface area contributed by atoms with Crippen molar-refractivity contribution in [2.45, 2.75) is 395 Å². The van der Waals surface area contributed by atoms with Crippen LogP contribution < -0.4 is 0 Å². The summed E-state index contributed by atoms with van der Waals surface area (Å²) in [6.45, 7) is 3.42. The summed E-state index contributed by atoms with van der Waals surface area (Å²) in [7, 11) is -5.70. The number of esters is 3. The van der Waals surface area contributed by atoms with Crippen molar-refractivity contribution in [1.29, 1.82) is 0 Å². The lowest BCUT2D eigenvalue weighted by Gasteiger charge is -2.49. The first-order valence-electron chi connectivity index (χ1n) is 38.1. The van der Waals surface area contributed by atoms with Gasteiger partial charge in [0, 0.05) is 19.3 Å². The lowest BCUT2D eigenvalue weighted by molar-refractivity contribution is -0.360. The van der Waals surface area contributed by atoms with E-state index in [9.17, 15) is 74.9 Å². The maximum atomic E-state index is 14.3. The van der Waals surface area contributed by atoms with Crippen LogP contribution in [0.3, 0.4) is 0 Å². The molecule has 2 heterocycles. The van der Waals surface area contributed by atoms with Gasteiger partial charge < -0.3 is 89.1 Å². The second-order valence-electron chi connectivity index (χ2n) is 27.4. The molecular formula is C73H133O24P. The highest BCUT2D eigenvalue weighted by Crippen LogP contribution is 2.49. The van der Waals surface area contributed by atoms with Gasteiger partial charge in [0.05, 0.1) is 13.2 Å². The lowest BCUT2D eigenvalue weighted by atomic mass is 9.84. The zero-order valence-electron chi connectivity index (χ0n) is 59.8. The Balaban J connectivity index is 1.74. The first-order chi connectivity index (χ1) is 47.3. The highest BCUT2D eigenvalue weighted by atomic mass is 31.2. The predicted octanol–water partition coefficient (Wildman–Crippen LogP) is 10.5. The van der Waals surface area contributed by atoms with Crippen molar-refractivity contribution in [3.8, 4) is 0 Å². The Morgan fingerprint density at radius 3 is 1.11 bits per heavy atom. The molecule has 1 aliphatic carbocycles. The first kappa shape index (κ1) is 89.7. The number of rotatable bonds is 59. The smallest absolute Gasteiger partial charge is 0.463 e. The molecule has 1 saturated carbocycles. The van der Waals surface area contributed by atoms with Crippen LogP contribution in [-0.4, -0.2) is 204 Å². The molecule has 98 heavy (non-hydrogen) atoms. The van der Waals surface area contributed by atoms with E-state index in [-0.39, 0.29) is 19.3 Å². The monoisotopic (exact) mass is 1420 g/mol. The van der Waals surface area contributed by atoms with Crippen molar-refractivity contribution >= 4 is 25.7 Å². The minimum Gasteiger partial charge on any atom is -0.463 e. The molecule has 18 atom stereocenters. The Labute approximate surface area is 585 Å². The van der Waals surface area contributed by atoms with Crippen LogP contribution in [0.4, 0.5) is 0 Å². The maximum Gasteiger partial charge on any atom is 0.472 e. The molecule has 0 radical (unpaired) electrons. The summed E-state index contributed by atoms with van der Waals surface area (Å²) in [6, 6.07) is 0. The van der Waals surface area contributed by atoms with Crippen LogP contribution in [-0.2, 0) is 61.2 Å². The third-order valence-corrected chi connectivity index (χ3v) is 19.7. The van der Waals surface area contributed by atoms with E-state index in [0.29, 0.717) is 19.3 Å². The number of aliphatic hydroxyl groups excluding tert-OH is 10. The van der Waals surface area contributed by atoms with E-state index in [0.717, 1.165) is 135 Å². The normalized spacial score (nSPS) is 27.7. The summed E-state index contributed by atoms with van der Waals surface area (Å²) >= 11 is 0. The van der Waals surface area contributed by atoms with Crippen molar-refractivity contribution in [3.63, 3.8) is 0 Å². The van der Waals surface area contributed by atoms with E-state index >= 15 is 0 Å². The van der Waals surface area contributed by atoms with E-state index in [1.165, 1.54) is 96.3 Å². The molecular weight excluding hydrogens is 1290 g/mol. The van der Waals surface area contributed by atoms with Crippen LogP contribution >= 0.6 is 7.82 Å². The summed E-state index contributed by atoms with van der Waals surface area (Å²) in [5, 5.41) is 110. The van der Waals surface area contributed by atoms with Gasteiger partial charge >= 0.3 is 25.7 Å². The summed E-state index contributed by atoms with van der Waals surface area (Å²) in [5.41, 5.74) is 0. The van der Waals surface area contributed by atoms with E-state index in [4.69, 9.17) is 42.2 Å². The maximum absolute atomic E-state index is 14.3. The van der Waals surface area contributed by atoms with Gasteiger partial charge in [-0.05, 0) is 70.6 Å². The van der Waals surface area contributed by atoms with Gasteiger partial charge in [0.15, 0.2) is 18.7 Å². The van der Waals surface area contributed by atoms with Crippen molar-refractivity contribution in [3.05, 3.63) is 24.3 Å². The molecule has 2 saturated heterocycles. The largest absolute Gasteiger partial charge is 0.472 e. The van der Waals surface area contributed by atoms with E-state index < -0.39 is 156 Å². The number of aliphatic hydroxyl groups is 10. The molecule has 0 amide bonds. The van der Waals surface area contributed by atoms with Gasteiger partial charge in [-0.15, -0.1) is 0 Å². The van der Waals surface area contributed by atoms with Gasteiger partial charge in [-0.3, -0.25) is 23.4 Å². The number of phosphoric acid groups is 1. The van der Waals surface area contributed by atoms with Gasteiger partial charge in [0.25, 0.3) is 0 Å². The van der Waals surface area contributed by atoms with E-state index in [2.05, 4.69) is 45.1 Å². The van der Waals surface area contributed by atoms with Crippen LogP contribution in [0.25, 0.3) is 0 Å². The Morgan fingerprint density at radius 2 is 0.714 bits per heavy atom. The number of allylic oxidation sites excluding steroid dienone is 4. The van der Waals surface area contributed by atoms with Crippen molar-refractivity contribution in [2.75, 3.05) is 26.4 Å². The molecule has 3 rings (SSSR count). The molecule has 0 spiro atoms. The predicted molar refractivity (Wildman–Crippen MR) is 370 cm³/mol. The second-order valence-corrected chi connectivity index (χ2v) is 28.8. The fraction of sp³-hybridized carbons (Fsp3) is 0.904. The van der Waals surface area contributed by atoms with Crippen molar-refractivity contribution < 1.29 is 117 Å². The molecule has 0 aromatic carbocycles. The fourth-order valence-corrected chi connectivity index (χ4v) is 13.4. The highest BCUT2D eigenvalue weighted by molar-refractivity contribution is 7.47. The van der Waals surface area contributed by atoms with Crippen molar-refractivity contribution in [1.82, 2.24) is 0 Å². The third kappa shape index (κ3) is 37.7. The summed E-state index contributed by atoms with van der Waals surface area (Å²) < 4.78 is 65.0. The van der Waals surface area contributed by atoms with Crippen molar-refractivity contribution in [2.24, 2.45) is 0 Å². The molecule has 0 aromatic heterocycles. The number of carbonyl (C=O) groups excluding carboxylic acids is 3. The van der Waals surface area contributed by atoms with Crippen LogP contribution in [0.1, 0.15) is 290 Å².